The maximum Gasteiger partial charge on any atom is 0.272 e. The number of benzene rings is 1. The molecule has 1 aromatic heterocycles. The third-order valence-corrected chi connectivity index (χ3v) is 4.10. The maximum atomic E-state index is 12.2. The summed E-state index contributed by atoms with van der Waals surface area (Å²) in [5.41, 5.74) is 1.61. The average molecular weight is 273 g/mol. The second-order valence-corrected chi connectivity index (χ2v) is 5.54. The second-order valence-electron chi connectivity index (χ2n) is 5.54. The van der Waals surface area contributed by atoms with E-state index in [9.17, 15) is 4.79 Å². The Bertz CT molecular complexity index is 616. The van der Waals surface area contributed by atoms with E-state index in [4.69, 9.17) is 4.74 Å². The summed E-state index contributed by atoms with van der Waals surface area (Å²) in [4.78, 5) is 12.2. The fourth-order valence-electron chi connectivity index (χ4n) is 2.50. The van der Waals surface area contributed by atoms with Gasteiger partial charge in [-0.2, -0.15) is 5.10 Å². The molecule has 1 heterocycles. The molecule has 0 atom stereocenters. The van der Waals surface area contributed by atoms with Gasteiger partial charge in [-0.25, -0.2) is 0 Å². The van der Waals surface area contributed by atoms with Crippen molar-refractivity contribution in [3.8, 4) is 0 Å². The lowest BCUT2D eigenvalue weighted by Gasteiger charge is -2.14. The van der Waals surface area contributed by atoms with Gasteiger partial charge in [0, 0.05) is 25.6 Å². The third-order valence-electron chi connectivity index (χ3n) is 4.10. The van der Waals surface area contributed by atoms with Gasteiger partial charge < -0.3 is 10.1 Å². The molecule has 2 aromatic rings. The van der Waals surface area contributed by atoms with Crippen LogP contribution in [0.2, 0.25) is 0 Å². The summed E-state index contributed by atoms with van der Waals surface area (Å²) in [6, 6.07) is 7.66. The fourth-order valence-corrected chi connectivity index (χ4v) is 2.50. The summed E-state index contributed by atoms with van der Waals surface area (Å²) >= 11 is 0. The normalized spacial score (nSPS) is 16.2. The van der Waals surface area contributed by atoms with Crippen molar-refractivity contribution in [2.75, 3.05) is 20.3 Å². The number of para-hydroxylation sites is 1. The summed E-state index contributed by atoms with van der Waals surface area (Å²) < 4.78 is 5.12. The molecule has 1 aliphatic rings. The van der Waals surface area contributed by atoms with E-state index < -0.39 is 0 Å². The van der Waals surface area contributed by atoms with E-state index in [1.807, 2.05) is 24.3 Å². The molecule has 0 bridgehead atoms. The van der Waals surface area contributed by atoms with Crippen LogP contribution in [0, 0.1) is 5.41 Å². The van der Waals surface area contributed by atoms with Crippen LogP contribution < -0.4 is 5.32 Å². The van der Waals surface area contributed by atoms with Crippen LogP contribution in [0.15, 0.2) is 24.3 Å². The third kappa shape index (κ3) is 2.54. The van der Waals surface area contributed by atoms with Crippen molar-refractivity contribution in [3.63, 3.8) is 0 Å². The second kappa shape index (κ2) is 5.25. The number of carbonyl (C=O) groups excluding carboxylic acids is 1. The Labute approximate surface area is 117 Å². The Morgan fingerprint density at radius 1 is 1.45 bits per heavy atom. The van der Waals surface area contributed by atoms with Crippen LogP contribution in [-0.4, -0.2) is 36.4 Å². The van der Waals surface area contributed by atoms with E-state index in [0.717, 1.165) is 36.8 Å². The first-order chi connectivity index (χ1) is 9.74. The summed E-state index contributed by atoms with van der Waals surface area (Å²) in [7, 11) is 1.71. The van der Waals surface area contributed by atoms with E-state index >= 15 is 0 Å². The first-order valence-corrected chi connectivity index (χ1v) is 6.94. The van der Waals surface area contributed by atoms with E-state index in [-0.39, 0.29) is 11.3 Å². The Balaban J connectivity index is 1.65. The van der Waals surface area contributed by atoms with Gasteiger partial charge in [-0.3, -0.25) is 9.89 Å². The van der Waals surface area contributed by atoms with Crippen LogP contribution in [0.4, 0.5) is 0 Å². The minimum atomic E-state index is -0.105. The molecule has 3 rings (SSSR count). The Hall–Kier alpha value is -1.88. The fraction of sp³-hybridized carbons (Fsp3) is 0.467. The van der Waals surface area contributed by atoms with E-state index in [0.29, 0.717) is 12.2 Å². The van der Waals surface area contributed by atoms with Gasteiger partial charge in [0.05, 0.1) is 5.52 Å². The number of aromatic amines is 1. The van der Waals surface area contributed by atoms with Gasteiger partial charge in [0.25, 0.3) is 5.91 Å². The molecule has 5 nitrogen and oxygen atoms in total. The Morgan fingerprint density at radius 3 is 3.00 bits per heavy atom. The number of fused-ring (bicyclic) bond motifs is 1. The molecule has 1 fully saturated rings. The summed E-state index contributed by atoms with van der Waals surface area (Å²) in [5, 5.41) is 10.9. The molecular formula is C15H19N3O2. The van der Waals surface area contributed by atoms with E-state index in [1.54, 1.807) is 7.11 Å². The molecule has 106 valence electrons. The zero-order valence-corrected chi connectivity index (χ0v) is 11.6. The molecule has 1 amide bonds. The lowest BCUT2D eigenvalue weighted by molar-refractivity contribution is 0.0934. The van der Waals surface area contributed by atoms with Crippen LogP contribution >= 0.6 is 0 Å². The number of nitrogens with zero attached hydrogens (tertiary/aromatic N) is 1. The molecule has 0 radical (unpaired) electrons. The monoisotopic (exact) mass is 273 g/mol. The van der Waals surface area contributed by atoms with E-state index in [1.165, 1.54) is 0 Å². The molecule has 5 heteroatoms. The van der Waals surface area contributed by atoms with Gasteiger partial charge in [-0.15, -0.1) is 0 Å². The van der Waals surface area contributed by atoms with Crippen molar-refractivity contribution in [2.45, 2.75) is 19.3 Å². The molecular weight excluding hydrogens is 254 g/mol. The standard InChI is InChI=1S/C15H19N3O2/c1-20-9-8-15(6-7-15)10-16-14(19)13-11-4-2-3-5-12(11)17-18-13/h2-5H,6-10H2,1H3,(H,16,19)(H,17,18). The van der Waals surface area contributed by atoms with Crippen LogP contribution in [0.5, 0.6) is 0 Å². The average Bonchev–Trinajstić information content (AvgIpc) is 3.12. The van der Waals surface area contributed by atoms with Crippen LogP contribution in [-0.2, 0) is 4.74 Å². The highest BCUT2D eigenvalue weighted by Gasteiger charge is 2.42. The molecule has 0 spiro atoms. The number of hydrogen-bond donors (Lipinski definition) is 2. The largest absolute Gasteiger partial charge is 0.385 e. The highest BCUT2D eigenvalue weighted by Crippen LogP contribution is 2.48. The van der Waals surface area contributed by atoms with E-state index in [2.05, 4.69) is 15.5 Å². The minimum Gasteiger partial charge on any atom is -0.385 e. The lowest BCUT2D eigenvalue weighted by Crippen LogP contribution is -2.31. The highest BCUT2D eigenvalue weighted by molar-refractivity contribution is 6.04. The summed E-state index contributed by atoms with van der Waals surface area (Å²) in [6.45, 7) is 1.46. The maximum absolute atomic E-state index is 12.2. The number of amides is 1. The first-order valence-electron chi connectivity index (χ1n) is 6.94. The molecule has 0 saturated heterocycles. The van der Waals surface area contributed by atoms with Crippen molar-refractivity contribution < 1.29 is 9.53 Å². The van der Waals surface area contributed by atoms with Crippen molar-refractivity contribution in [3.05, 3.63) is 30.0 Å². The van der Waals surface area contributed by atoms with Crippen molar-refractivity contribution in [1.29, 1.82) is 0 Å². The lowest BCUT2D eigenvalue weighted by atomic mass is 10.0. The van der Waals surface area contributed by atoms with Gasteiger partial charge in [0.2, 0.25) is 0 Å². The zero-order chi connectivity index (χ0) is 14.0. The predicted octanol–water partition coefficient (Wildman–Crippen LogP) is 2.11. The Morgan fingerprint density at radius 2 is 2.25 bits per heavy atom. The van der Waals surface area contributed by atoms with Crippen LogP contribution in [0.25, 0.3) is 10.9 Å². The van der Waals surface area contributed by atoms with Crippen LogP contribution in [0.1, 0.15) is 29.8 Å². The summed E-state index contributed by atoms with van der Waals surface area (Å²) in [6.07, 6.45) is 3.33. The van der Waals surface area contributed by atoms with Gasteiger partial charge in [0.15, 0.2) is 5.69 Å². The van der Waals surface area contributed by atoms with Crippen molar-refractivity contribution >= 4 is 16.8 Å². The predicted molar refractivity (Wildman–Crippen MR) is 76.6 cm³/mol. The number of hydrogen-bond acceptors (Lipinski definition) is 3. The number of ether oxygens (including phenoxy) is 1. The van der Waals surface area contributed by atoms with Gasteiger partial charge in [-0.05, 0) is 30.7 Å². The van der Waals surface area contributed by atoms with Crippen molar-refractivity contribution in [1.82, 2.24) is 15.5 Å². The molecule has 0 aliphatic heterocycles. The topological polar surface area (TPSA) is 67.0 Å². The number of H-pyrrole nitrogens is 1. The molecule has 1 saturated carbocycles. The number of aromatic nitrogens is 2. The highest BCUT2D eigenvalue weighted by atomic mass is 16.5. The molecule has 0 unspecified atom stereocenters. The van der Waals surface area contributed by atoms with Crippen LogP contribution in [0.3, 0.4) is 0 Å². The van der Waals surface area contributed by atoms with Gasteiger partial charge in [-0.1, -0.05) is 18.2 Å². The smallest absolute Gasteiger partial charge is 0.272 e. The Kier molecular flexibility index (Phi) is 3.44. The molecule has 20 heavy (non-hydrogen) atoms. The number of nitrogens with one attached hydrogen (secondary N) is 2. The number of rotatable bonds is 6. The number of methoxy groups -OCH3 is 1. The molecule has 2 N–H and O–H groups in total. The van der Waals surface area contributed by atoms with Crippen molar-refractivity contribution in [2.24, 2.45) is 5.41 Å². The van der Waals surface area contributed by atoms with Gasteiger partial charge >= 0.3 is 0 Å². The summed E-state index contributed by atoms with van der Waals surface area (Å²) in [5.74, 6) is -0.105. The minimum absolute atomic E-state index is 0.105. The molecule has 1 aliphatic carbocycles. The number of carbonyl (C=O) groups is 1. The first kappa shape index (κ1) is 13.1. The quantitative estimate of drug-likeness (QED) is 0.847. The zero-order valence-electron chi connectivity index (χ0n) is 11.6. The molecule has 1 aromatic carbocycles. The SMILES string of the molecule is COCCC1(CNC(=O)c2n[nH]c3ccccc23)CC1. The van der Waals surface area contributed by atoms with Gasteiger partial charge in [0.1, 0.15) is 0 Å².